The lowest BCUT2D eigenvalue weighted by Crippen LogP contribution is -2.37. The van der Waals surface area contributed by atoms with Crippen LogP contribution in [0.15, 0.2) is 48.5 Å². The lowest BCUT2D eigenvalue weighted by atomic mass is 10.2. The fourth-order valence-corrected chi connectivity index (χ4v) is 3.27. The quantitative estimate of drug-likeness (QED) is 0.817. The molecule has 3 rings (SSSR count). The van der Waals surface area contributed by atoms with Crippen LogP contribution in [0.3, 0.4) is 0 Å². The predicted molar refractivity (Wildman–Crippen MR) is 112 cm³/mol. The standard InChI is InChI=1S/C22H24N4O3/c1-17(27)26(19-8-6-18(16-23)7-9-19)11-10-22(28)24-20-4-2-3-5-21(20)25-12-14-29-15-13-25/h2-9H,10-15H2,1H3,(H,24,28). The van der Waals surface area contributed by atoms with Crippen LogP contribution in [0.1, 0.15) is 18.9 Å². The van der Waals surface area contributed by atoms with Crippen LogP contribution in [0.25, 0.3) is 0 Å². The number of morpholine rings is 1. The minimum atomic E-state index is -0.161. The van der Waals surface area contributed by atoms with Gasteiger partial charge in [0.15, 0.2) is 0 Å². The Balaban J connectivity index is 1.64. The van der Waals surface area contributed by atoms with Crippen LogP contribution >= 0.6 is 0 Å². The number of hydrogen-bond donors (Lipinski definition) is 1. The number of nitrogens with one attached hydrogen (secondary N) is 1. The van der Waals surface area contributed by atoms with Crippen molar-refractivity contribution >= 4 is 28.9 Å². The van der Waals surface area contributed by atoms with Gasteiger partial charge in [-0.2, -0.15) is 5.26 Å². The first-order valence-corrected chi connectivity index (χ1v) is 9.58. The first-order chi connectivity index (χ1) is 14.1. The Kier molecular flexibility index (Phi) is 6.82. The van der Waals surface area contributed by atoms with Gasteiger partial charge in [0, 0.05) is 38.7 Å². The van der Waals surface area contributed by atoms with E-state index in [1.54, 1.807) is 24.3 Å². The highest BCUT2D eigenvalue weighted by molar-refractivity contribution is 5.96. The lowest BCUT2D eigenvalue weighted by molar-refractivity contribution is -0.117. The van der Waals surface area contributed by atoms with Crippen LogP contribution in [-0.2, 0) is 14.3 Å². The largest absolute Gasteiger partial charge is 0.378 e. The topological polar surface area (TPSA) is 85.7 Å². The lowest BCUT2D eigenvalue weighted by Gasteiger charge is -2.30. The Hall–Kier alpha value is -3.37. The number of rotatable bonds is 6. The molecule has 2 aromatic rings. The Morgan fingerprint density at radius 2 is 1.83 bits per heavy atom. The van der Waals surface area contributed by atoms with Crippen LogP contribution < -0.4 is 15.1 Å². The molecule has 0 aliphatic carbocycles. The number of carbonyl (C=O) groups is 2. The third-order valence-corrected chi connectivity index (χ3v) is 4.78. The van der Waals surface area contributed by atoms with Gasteiger partial charge in [-0.25, -0.2) is 0 Å². The average Bonchev–Trinajstić information content (AvgIpc) is 2.75. The summed E-state index contributed by atoms with van der Waals surface area (Å²) < 4.78 is 5.40. The maximum atomic E-state index is 12.6. The molecule has 0 spiro atoms. The number of benzene rings is 2. The summed E-state index contributed by atoms with van der Waals surface area (Å²) in [5.41, 5.74) is 2.92. The van der Waals surface area contributed by atoms with Gasteiger partial charge < -0.3 is 19.9 Å². The first-order valence-electron chi connectivity index (χ1n) is 9.58. The van der Waals surface area contributed by atoms with Crippen molar-refractivity contribution in [2.75, 3.05) is 48.0 Å². The number of ether oxygens (including phenoxy) is 1. The molecular formula is C22H24N4O3. The van der Waals surface area contributed by atoms with Gasteiger partial charge in [-0.15, -0.1) is 0 Å². The van der Waals surface area contributed by atoms with E-state index in [0.29, 0.717) is 24.5 Å². The molecule has 1 fully saturated rings. The summed E-state index contributed by atoms with van der Waals surface area (Å²) in [5.74, 6) is -0.318. The van der Waals surface area contributed by atoms with E-state index in [2.05, 4.69) is 16.3 Å². The molecule has 0 radical (unpaired) electrons. The molecule has 2 amide bonds. The third-order valence-electron chi connectivity index (χ3n) is 4.78. The van der Waals surface area contributed by atoms with Gasteiger partial charge in [0.25, 0.3) is 0 Å². The Morgan fingerprint density at radius 3 is 2.48 bits per heavy atom. The average molecular weight is 392 g/mol. The molecule has 0 saturated carbocycles. The highest BCUT2D eigenvalue weighted by atomic mass is 16.5. The van der Waals surface area contributed by atoms with Crippen molar-refractivity contribution in [2.24, 2.45) is 0 Å². The maximum Gasteiger partial charge on any atom is 0.226 e. The second kappa shape index (κ2) is 9.71. The molecular weight excluding hydrogens is 368 g/mol. The molecule has 2 aromatic carbocycles. The van der Waals surface area contributed by atoms with Crippen molar-refractivity contribution in [1.29, 1.82) is 5.26 Å². The molecule has 0 unspecified atom stereocenters. The first kappa shape index (κ1) is 20.4. The van der Waals surface area contributed by atoms with Crippen LogP contribution in [0, 0.1) is 11.3 Å². The fourth-order valence-electron chi connectivity index (χ4n) is 3.27. The number of amides is 2. The van der Waals surface area contributed by atoms with Crippen molar-refractivity contribution in [2.45, 2.75) is 13.3 Å². The summed E-state index contributed by atoms with van der Waals surface area (Å²) in [5, 5.41) is 11.9. The minimum Gasteiger partial charge on any atom is -0.378 e. The van der Waals surface area contributed by atoms with Gasteiger partial charge in [-0.3, -0.25) is 9.59 Å². The normalized spacial score (nSPS) is 13.4. The van der Waals surface area contributed by atoms with Gasteiger partial charge in [-0.1, -0.05) is 12.1 Å². The van der Waals surface area contributed by atoms with E-state index in [4.69, 9.17) is 10.00 Å². The van der Waals surface area contributed by atoms with Crippen molar-refractivity contribution in [1.82, 2.24) is 0 Å². The minimum absolute atomic E-state index is 0.156. The molecule has 29 heavy (non-hydrogen) atoms. The number of para-hydroxylation sites is 2. The van der Waals surface area contributed by atoms with E-state index in [1.807, 2.05) is 24.3 Å². The van der Waals surface area contributed by atoms with E-state index < -0.39 is 0 Å². The maximum absolute atomic E-state index is 12.6. The van der Waals surface area contributed by atoms with Crippen LogP contribution in [0.5, 0.6) is 0 Å². The smallest absolute Gasteiger partial charge is 0.226 e. The van der Waals surface area contributed by atoms with Crippen LogP contribution in [0.2, 0.25) is 0 Å². The summed E-state index contributed by atoms with van der Waals surface area (Å²) in [6, 6.07) is 16.5. The molecule has 0 atom stereocenters. The van der Waals surface area contributed by atoms with Gasteiger partial charge in [0.05, 0.1) is 36.2 Å². The Bertz CT molecular complexity index is 899. The zero-order valence-corrected chi connectivity index (χ0v) is 16.4. The molecule has 0 aromatic heterocycles. The van der Waals surface area contributed by atoms with E-state index in [-0.39, 0.29) is 24.8 Å². The Labute approximate surface area is 170 Å². The number of carbonyl (C=O) groups excluding carboxylic acids is 2. The second-order valence-electron chi connectivity index (χ2n) is 6.74. The number of anilines is 3. The summed E-state index contributed by atoms with van der Waals surface area (Å²) >= 11 is 0. The fraction of sp³-hybridized carbons (Fsp3) is 0.318. The highest BCUT2D eigenvalue weighted by Gasteiger charge is 2.17. The SMILES string of the molecule is CC(=O)N(CCC(=O)Nc1ccccc1N1CCOCC1)c1ccc(C#N)cc1. The summed E-state index contributed by atoms with van der Waals surface area (Å²) in [7, 11) is 0. The third kappa shape index (κ3) is 5.33. The van der Waals surface area contributed by atoms with Gasteiger partial charge >= 0.3 is 0 Å². The predicted octanol–water partition coefficient (Wildman–Crippen LogP) is 2.78. The molecule has 1 saturated heterocycles. The number of nitriles is 1. The van der Waals surface area contributed by atoms with Crippen LogP contribution in [0.4, 0.5) is 17.1 Å². The van der Waals surface area contributed by atoms with Gasteiger partial charge in [0.2, 0.25) is 11.8 Å². The highest BCUT2D eigenvalue weighted by Crippen LogP contribution is 2.26. The van der Waals surface area contributed by atoms with Crippen molar-refractivity contribution in [3.8, 4) is 6.07 Å². The molecule has 1 aliphatic rings. The van der Waals surface area contributed by atoms with Crippen molar-refractivity contribution in [3.05, 3.63) is 54.1 Å². The molecule has 7 nitrogen and oxygen atoms in total. The van der Waals surface area contributed by atoms with E-state index in [0.717, 1.165) is 24.5 Å². The molecule has 1 heterocycles. The van der Waals surface area contributed by atoms with E-state index in [1.165, 1.54) is 11.8 Å². The summed E-state index contributed by atoms with van der Waals surface area (Å²) in [6.07, 6.45) is 0.164. The van der Waals surface area contributed by atoms with Crippen molar-refractivity contribution < 1.29 is 14.3 Å². The zero-order valence-electron chi connectivity index (χ0n) is 16.4. The van der Waals surface area contributed by atoms with Gasteiger partial charge in [-0.05, 0) is 36.4 Å². The Morgan fingerprint density at radius 1 is 1.14 bits per heavy atom. The summed E-state index contributed by atoms with van der Waals surface area (Å²) in [6.45, 7) is 4.62. The van der Waals surface area contributed by atoms with E-state index in [9.17, 15) is 9.59 Å². The molecule has 7 heteroatoms. The molecule has 0 bridgehead atoms. The molecule has 1 aliphatic heterocycles. The number of hydrogen-bond acceptors (Lipinski definition) is 5. The molecule has 1 N–H and O–H groups in total. The number of nitrogens with zero attached hydrogens (tertiary/aromatic N) is 3. The second-order valence-corrected chi connectivity index (χ2v) is 6.74. The van der Waals surface area contributed by atoms with Crippen molar-refractivity contribution in [3.63, 3.8) is 0 Å². The zero-order chi connectivity index (χ0) is 20.6. The monoisotopic (exact) mass is 392 g/mol. The van der Waals surface area contributed by atoms with Crippen LogP contribution in [-0.4, -0.2) is 44.7 Å². The van der Waals surface area contributed by atoms with E-state index >= 15 is 0 Å². The van der Waals surface area contributed by atoms with Gasteiger partial charge in [0.1, 0.15) is 0 Å². The molecule has 150 valence electrons. The summed E-state index contributed by atoms with van der Waals surface area (Å²) in [4.78, 5) is 28.3.